The molecule has 0 aliphatic carbocycles. The van der Waals surface area contributed by atoms with Crippen LogP contribution in [0.5, 0.6) is 0 Å². The highest BCUT2D eigenvalue weighted by Gasteiger charge is 1.82. The molecule has 41 valence electrons. The maximum atomic E-state index is 11.1. The molecule has 0 N–H and O–H groups in total. The van der Waals surface area contributed by atoms with Crippen molar-refractivity contribution in [3.8, 4) is 0 Å². The first-order chi connectivity index (χ1) is 3.27. The Morgan fingerprint density at radius 3 is 2.29 bits per heavy atom. The molecule has 0 saturated heterocycles. The van der Waals surface area contributed by atoms with Crippen molar-refractivity contribution in [2.75, 3.05) is 0 Å². The SMILES string of the molecule is [CH2]CCC=C(F)F. The maximum Gasteiger partial charge on any atom is 0.266 e. The standard InChI is InChI=1S/C5H7F2/c1-2-3-4-5(6)7/h4H,1-3H2. The Kier molecular flexibility index (Phi) is 3.56. The largest absolute Gasteiger partial charge is 0.266 e. The molecule has 0 fully saturated rings. The Morgan fingerprint density at radius 2 is 2.14 bits per heavy atom. The fourth-order valence-electron chi connectivity index (χ4n) is 0.211. The minimum atomic E-state index is -1.61. The summed E-state index contributed by atoms with van der Waals surface area (Å²) in [7, 11) is 0. The zero-order chi connectivity index (χ0) is 5.70. The highest BCUT2D eigenvalue weighted by atomic mass is 19.3. The maximum absolute atomic E-state index is 11.1. The molecular weight excluding hydrogens is 98.1 g/mol. The molecule has 7 heavy (non-hydrogen) atoms. The van der Waals surface area contributed by atoms with Crippen molar-refractivity contribution in [1.82, 2.24) is 0 Å². The molecule has 0 aromatic carbocycles. The molecule has 0 spiro atoms. The van der Waals surface area contributed by atoms with Crippen molar-refractivity contribution in [2.24, 2.45) is 0 Å². The Bertz CT molecular complexity index is 62.5. The van der Waals surface area contributed by atoms with Crippen LogP contribution in [0.1, 0.15) is 12.8 Å². The van der Waals surface area contributed by atoms with Gasteiger partial charge in [0, 0.05) is 0 Å². The summed E-state index contributed by atoms with van der Waals surface area (Å²) < 4.78 is 22.1. The first-order valence-corrected chi connectivity index (χ1v) is 2.07. The van der Waals surface area contributed by atoms with Gasteiger partial charge in [-0.1, -0.05) is 6.92 Å². The van der Waals surface area contributed by atoms with E-state index >= 15 is 0 Å². The summed E-state index contributed by atoms with van der Waals surface area (Å²) in [5.41, 5.74) is 0. The lowest BCUT2D eigenvalue weighted by Crippen LogP contribution is -1.61. The average molecular weight is 105 g/mol. The number of hydrogen-bond acceptors (Lipinski definition) is 0. The van der Waals surface area contributed by atoms with E-state index < -0.39 is 6.08 Å². The van der Waals surface area contributed by atoms with Crippen LogP contribution in [-0.2, 0) is 0 Å². The molecule has 2 heteroatoms. The molecule has 1 radical (unpaired) electrons. The second-order valence-corrected chi connectivity index (χ2v) is 1.14. The number of allylic oxidation sites excluding steroid dienone is 1. The Morgan fingerprint density at radius 1 is 1.57 bits per heavy atom. The van der Waals surface area contributed by atoms with E-state index in [2.05, 4.69) is 6.92 Å². The quantitative estimate of drug-likeness (QED) is 0.505. The van der Waals surface area contributed by atoms with Crippen LogP contribution >= 0.6 is 0 Å². The third-order valence-electron chi connectivity index (χ3n) is 0.503. The number of halogens is 2. The van der Waals surface area contributed by atoms with Crippen LogP contribution < -0.4 is 0 Å². The summed E-state index contributed by atoms with van der Waals surface area (Å²) in [6.07, 6.45) is 0.177. The van der Waals surface area contributed by atoms with Gasteiger partial charge in [0.05, 0.1) is 0 Å². The normalized spacial score (nSPS) is 8.43. The zero-order valence-corrected chi connectivity index (χ0v) is 3.95. The molecule has 0 aromatic heterocycles. The van der Waals surface area contributed by atoms with E-state index in [0.29, 0.717) is 12.8 Å². The lowest BCUT2D eigenvalue weighted by molar-refractivity contribution is 0.417. The average Bonchev–Trinajstić information content (AvgIpc) is 1.61. The van der Waals surface area contributed by atoms with Gasteiger partial charge in [-0.2, -0.15) is 8.78 Å². The molecule has 0 rings (SSSR count). The first kappa shape index (κ1) is 6.60. The van der Waals surface area contributed by atoms with Crippen molar-refractivity contribution in [2.45, 2.75) is 12.8 Å². The highest BCUT2D eigenvalue weighted by Crippen LogP contribution is 1.99. The van der Waals surface area contributed by atoms with Gasteiger partial charge in [-0.25, -0.2) is 0 Å². The van der Waals surface area contributed by atoms with Gasteiger partial charge in [0.1, 0.15) is 0 Å². The second-order valence-electron chi connectivity index (χ2n) is 1.14. The van der Waals surface area contributed by atoms with E-state index in [1.54, 1.807) is 0 Å². The van der Waals surface area contributed by atoms with E-state index in [1.165, 1.54) is 0 Å². The van der Waals surface area contributed by atoms with Gasteiger partial charge < -0.3 is 0 Å². The summed E-state index contributed by atoms with van der Waals surface area (Å²) in [6, 6.07) is 0. The van der Waals surface area contributed by atoms with Crippen LogP contribution in [0.25, 0.3) is 0 Å². The first-order valence-electron chi connectivity index (χ1n) is 2.07. The predicted octanol–water partition coefficient (Wildman–Crippen LogP) is 2.38. The summed E-state index contributed by atoms with van der Waals surface area (Å²) >= 11 is 0. The summed E-state index contributed by atoms with van der Waals surface area (Å²) in [5, 5.41) is 0. The molecule has 0 aromatic rings. The van der Waals surface area contributed by atoms with E-state index in [-0.39, 0.29) is 0 Å². The van der Waals surface area contributed by atoms with Gasteiger partial charge in [-0.15, -0.1) is 0 Å². The fraction of sp³-hybridized carbons (Fsp3) is 0.400. The zero-order valence-electron chi connectivity index (χ0n) is 3.95. The van der Waals surface area contributed by atoms with Crippen LogP contribution in [-0.4, -0.2) is 0 Å². The Labute approximate surface area is 41.8 Å². The lowest BCUT2D eigenvalue weighted by atomic mass is 10.3. The van der Waals surface area contributed by atoms with E-state index in [4.69, 9.17) is 0 Å². The minimum Gasteiger partial charge on any atom is -0.174 e. The lowest BCUT2D eigenvalue weighted by Gasteiger charge is -1.78. The number of rotatable bonds is 2. The minimum absolute atomic E-state index is 0.377. The van der Waals surface area contributed by atoms with Gasteiger partial charge in [-0.05, 0) is 18.9 Å². The third kappa shape index (κ3) is 5.60. The molecule has 0 unspecified atom stereocenters. The van der Waals surface area contributed by atoms with Crippen molar-refractivity contribution in [1.29, 1.82) is 0 Å². The van der Waals surface area contributed by atoms with Gasteiger partial charge in [0.2, 0.25) is 0 Å². The molecular formula is C5H7F2. The third-order valence-corrected chi connectivity index (χ3v) is 0.503. The molecule has 0 heterocycles. The smallest absolute Gasteiger partial charge is 0.174 e. The molecule has 0 nitrogen and oxygen atoms in total. The van der Waals surface area contributed by atoms with Gasteiger partial charge in [-0.3, -0.25) is 0 Å². The molecule has 0 atom stereocenters. The molecule has 0 aliphatic heterocycles. The second kappa shape index (κ2) is 3.78. The monoisotopic (exact) mass is 105 g/mol. The Hall–Kier alpha value is -0.400. The van der Waals surface area contributed by atoms with Crippen molar-refractivity contribution >= 4 is 0 Å². The van der Waals surface area contributed by atoms with Gasteiger partial charge in [0.25, 0.3) is 6.08 Å². The highest BCUT2D eigenvalue weighted by molar-refractivity contribution is 4.79. The van der Waals surface area contributed by atoms with E-state index in [9.17, 15) is 8.78 Å². The van der Waals surface area contributed by atoms with Crippen LogP contribution in [0, 0.1) is 6.92 Å². The molecule has 0 aliphatic rings. The van der Waals surface area contributed by atoms with E-state index in [1.807, 2.05) is 0 Å². The van der Waals surface area contributed by atoms with Crippen LogP contribution in [0.3, 0.4) is 0 Å². The molecule has 0 saturated carbocycles. The van der Waals surface area contributed by atoms with E-state index in [0.717, 1.165) is 6.08 Å². The van der Waals surface area contributed by atoms with Crippen molar-refractivity contribution in [3.63, 3.8) is 0 Å². The predicted molar refractivity (Wildman–Crippen MR) is 24.9 cm³/mol. The van der Waals surface area contributed by atoms with Crippen molar-refractivity contribution in [3.05, 3.63) is 19.1 Å². The number of hydrogen-bond donors (Lipinski definition) is 0. The summed E-state index contributed by atoms with van der Waals surface area (Å²) in [4.78, 5) is 0. The fourth-order valence-corrected chi connectivity index (χ4v) is 0.211. The van der Waals surface area contributed by atoms with Crippen LogP contribution in [0.4, 0.5) is 8.78 Å². The number of unbranched alkanes of at least 4 members (excludes halogenated alkanes) is 1. The molecule has 0 bridgehead atoms. The van der Waals surface area contributed by atoms with Gasteiger partial charge >= 0.3 is 0 Å². The van der Waals surface area contributed by atoms with Crippen LogP contribution in [0.15, 0.2) is 12.2 Å². The van der Waals surface area contributed by atoms with Crippen LogP contribution in [0.2, 0.25) is 0 Å². The topological polar surface area (TPSA) is 0 Å². The summed E-state index contributed by atoms with van der Waals surface area (Å²) in [6.45, 7) is 3.38. The Balaban J connectivity index is 3.08. The van der Waals surface area contributed by atoms with Gasteiger partial charge in [0.15, 0.2) is 0 Å². The summed E-state index contributed by atoms with van der Waals surface area (Å²) in [5.74, 6) is 0. The molecule has 0 amide bonds. The van der Waals surface area contributed by atoms with Crippen molar-refractivity contribution < 1.29 is 8.78 Å².